The monoisotopic (exact) mass is 271 g/mol. The maximum absolute atomic E-state index is 12.0. The zero-order valence-corrected chi connectivity index (χ0v) is 11.7. The Labute approximate surface area is 114 Å². The molecule has 1 rings (SSSR count). The van der Waals surface area contributed by atoms with Crippen molar-refractivity contribution in [2.45, 2.75) is 51.6 Å². The van der Waals surface area contributed by atoms with Crippen LogP contribution in [0.25, 0.3) is 0 Å². The summed E-state index contributed by atoms with van der Waals surface area (Å²) >= 11 is 0. The van der Waals surface area contributed by atoms with E-state index in [1.54, 1.807) is 4.90 Å². The molecule has 0 bridgehead atoms. The molecular weight excluding hydrogens is 246 g/mol. The van der Waals surface area contributed by atoms with E-state index in [1.165, 1.54) is 6.42 Å². The summed E-state index contributed by atoms with van der Waals surface area (Å²) in [5.41, 5.74) is 5.41. The third kappa shape index (κ3) is 5.92. The van der Waals surface area contributed by atoms with E-state index in [4.69, 9.17) is 15.7 Å². The van der Waals surface area contributed by atoms with Crippen LogP contribution in [0.15, 0.2) is 5.16 Å². The first-order valence-corrected chi connectivity index (χ1v) is 7.03. The van der Waals surface area contributed by atoms with Gasteiger partial charge in [0.05, 0.1) is 6.10 Å². The highest BCUT2D eigenvalue weighted by molar-refractivity contribution is 5.81. The number of hydrogen-bond acceptors (Lipinski definition) is 4. The number of amides is 1. The second kappa shape index (κ2) is 8.74. The van der Waals surface area contributed by atoms with Gasteiger partial charge in [0.25, 0.3) is 0 Å². The van der Waals surface area contributed by atoms with Crippen molar-refractivity contribution < 1.29 is 14.7 Å². The highest BCUT2D eigenvalue weighted by Gasteiger charge is 2.18. The van der Waals surface area contributed by atoms with E-state index in [1.807, 2.05) is 6.92 Å². The lowest BCUT2D eigenvalue weighted by Gasteiger charge is -2.24. The average molecular weight is 271 g/mol. The number of nitrogens with zero attached hydrogens (tertiary/aromatic N) is 2. The van der Waals surface area contributed by atoms with E-state index < -0.39 is 0 Å². The fraction of sp³-hybridized carbons (Fsp3) is 0.846. The van der Waals surface area contributed by atoms with Gasteiger partial charge in [-0.3, -0.25) is 4.79 Å². The minimum atomic E-state index is 0.113. The molecule has 1 unspecified atom stereocenters. The van der Waals surface area contributed by atoms with Crippen molar-refractivity contribution in [2.24, 2.45) is 10.9 Å². The summed E-state index contributed by atoms with van der Waals surface area (Å²) < 4.78 is 5.61. The standard InChI is InChI=1S/C13H25N3O3/c1-2-16(9-8-12(14)15-18)13(17)7-6-11-5-3-4-10-19-11/h11,18H,2-10H2,1H3,(H2,14,15). The Bertz CT molecular complexity index is 302. The van der Waals surface area contributed by atoms with Gasteiger partial charge in [0.1, 0.15) is 5.84 Å². The Balaban J connectivity index is 2.28. The number of carbonyl (C=O) groups excluding carboxylic acids is 1. The lowest BCUT2D eigenvalue weighted by Crippen LogP contribution is -2.34. The molecular formula is C13H25N3O3. The first-order chi connectivity index (χ1) is 9.17. The van der Waals surface area contributed by atoms with E-state index in [-0.39, 0.29) is 17.8 Å². The summed E-state index contributed by atoms with van der Waals surface area (Å²) in [6, 6.07) is 0. The molecule has 3 N–H and O–H groups in total. The SMILES string of the molecule is CCN(CCC(N)=NO)C(=O)CCC1CCCCO1. The van der Waals surface area contributed by atoms with Gasteiger partial charge in [-0.1, -0.05) is 5.16 Å². The molecule has 6 heteroatoms. The maximum Gasteiger partial charge on any atom is 0.222 e. The van der Waals surface area contributed by atoms with Crippen molar-refractivity contribution in [1.29, 1.82) is 0 Å². The Kier molecular flexibility index (Phi) is 7.25. The third-order valence-electron chi connectivity index (χ3n) is 3.45. The van der Waals surface area contributed by atoms with Crippen LogP contribution < -0.4 is 5.73 Å². The smallest absolute Gasteiger partial charge is 0.222 e. The number of ether oxygens (including phenoxy) is 1. The number of carbonyl (C=O) groups is 1. The molecule has 19 heavy (non-hydrogen) atoms. The Morgan fingerprint density at radius 3 is 2.84 bits per heavy atom. The first kappa shape index (κ1) is 15.8. The van der Waals surface area contributed by atoms with Crippen LogP contribution in [0.1, 0.15) is 45.4 Å². The van der Waals surface area contributed by atoms with Crippen LogP contribution in [-0.2, 0) is 9.53 Å². The molecule has 6 nitrogen and oxygen atoms in total. The van der Waals surface area contributed by atoms with Crippen molar-refractivity contribution >= 4 is 11.7 Å². The molecule has 0 saturated carbocycles. The van der Waals surface area contributed by atoms with Crippen LogP contribution in [0.4, 0.5) is 0 Å². The molecule has 0 aliphatic carbocycles. The van der Waals surface area contributed by atoms with Crippen molar-refractivity contribution in [2.75, 3.05) is 19.7 Å². The normalized spacial score (nSPS) is 20.3. The molecule has 1 saturated heterocycles. The number of hydrogen-bond donors (Lipinski definition) is 2. The fourth-order valence-electron chi connectivity index (χ4n) is 2.24. The maximum atomic E-state index is 12.0. The largest absolute Gasteiger partial charge is 0.409 e. The second-order valence-corrected chi connectivity index (χ2v) is 4.84. The predicted molar refractivity (Wildman–Crippen MR) is 73.1 cm³/mol. The summed E-state index contributed by atoms with van der Waals surface area (Å²) in [6.07, 6.45) is 5.32. The highest BCUT2D eigenvalue weighted by Crippen LogP contribution is 2.17. The summed E-state index contributed by atoms with van der Waals surface area (Å²) in [6.45, 7) is 3.89. The van der Waals surface area contributed by atoms with Crippen LogP contribution in [0.5, 0.6) is 0 Å². The van der Waals surface area contributed by atoms with Gasteiger partial charge in [0.15, 0.2) is 0 Å². The third-order valence-corrected chi connectivity index (χ3v) is 3.45. The second-order valence-electron chi connectivity index (χ2n) is 4.84. The summed E-state index contributed by atoms with van der Waals surface area (Å²) in [7, 11) is 0. The average Bonchev–Trinajstić information content (AvgIpc) is 2.46. The highest BCUT2D eigenvalue weighted by atomic mass is 16.5. The topological polar surface area (TPSA) is 88.1 Å². The van der Waals surface area contributed by atoms with Crippen LogP contribution in [0, 0.1) is 0 Å². The number of rotatable bonds is 7. The van der Waals surface area contributed by atoms with Crippen molar-refractivity contribution in [3.05, 3.63) is 0 Å². The fourth-order valence-corrected chi connectivity index (χ4v) is 2.24. The van der Waals surface area contributed by atoms with Crippen molar-refractivity contribution in [1.82, 2.24) is 4.90 Å². The molecule has 1 aliphatic rings. The van der Waals surface area contributed by atoms with Gasteiger partial charge in [0, 0.05) is 32.5 Å². The quantitative estimate of drug-likeness (QED) is 0.316. The Hall–Kier alpha value is -1.30. The molecule has 1 atom stereocenters. The number of nitrogens with two attached hydrogens (primary N) is 1. The van der Waals surface area contributed by atoms with E-state index in [2.05, 4.69) is 5.16 Å². The molecule has 1 amide bonds. The van der Waals surface area contributed by atoms with Gasteiger partial charge >= 0.3 is 0 Å². The van der Waals surface area contributed by atoms with Crippen molar-refractivity contribution in [3.8, 4) is 0 Å². The summed E-state index contributed by atoms with van der Waals surface area (Å²) in [4.78, 5) is 13.8. The van der Waals surface area contributed by atoms with Crippen LogP contribution in [0.2, 0.25) is 0 Å². The number of oxime groups is 1. The van der Waals surface area contributed by atoms with Gasteiger partial charge < -0.3 is 20.6 Å². The Morgan fingerprint density at radius 2 is 2.26 bits per heavy atom. The molecule has 1 fully saturated rings. The van der Waals surface area contributed by atoms with E-state index in [9.17, 15) is 4.79 Å². The Morgan fingerprint density at radius 1 is 1.47 bits per heavy atom. The minimum Gasteiger partial charge on any atom is -0.409 e. The predicted octanol–water partition coefficient (Wildman–Crippen LogP) is 1.32. The van der Waals surface area contributed by atoms with Gasteiger partial charge in [-0.05, 0) is 32.6 Å². The zero-order valence-electron chi connectivity index (χ0n) is 11.7. The molecule has 0 radical (unpaired) electrons. The van der Waals surface area contributed by atoms with Gasteiger partial charge in [-0.25, -0.2) is 0 Å². The van der Waals surface area contributed by atoms with Crippen LogP contribution in [-0.4, -0.2) is 47.7 Å². The van der Waals surface area contributed by atoms with Gasteiger partial charge in [-0.15, -0.1) is 0 Å². The number of amidine groups is 1. The lowest BCUT2D eigenvalue weighted by atomic mass is 10.0. The molecule has 0 aromatic heterocycles. The van der Waals surface area contributed by atoms with Gasteiger partial charge in [0.2, 0.25) is 5.91 Å². The molecule has 0 spiro atoms. The first-order valence-electron chi connectivity index (χ1n) is 7.03. The van der Waals surface area contributed by atoms with E-state index in [0.29, 0.717) is 25.9 Å². The van der Waals surface area contributed by atoms with E-state index >= 15 is 0 Å². The lowest BCUT2D eigenvalue weighted by molar-refractivity contribution is -0.132. The van der Waals surface area contributed by atoms with Crippen LogP contribution in [0.3, 0.4) is 0 Å². The van der Waals surface area contributed by atoms with Crippen LogP contribution >= 0.6 is 0 Å². The summed E-state index contributed by atoms with van der Waals surface area (Å²) in [5, 5.41) is 11.4. The molecule has 0 aromatic carbocycles. The van der Waals surface area contributed by atoms with Crippen molar-refractivity contribution in [3.63, 3.8) is 0 Å². The molecule has 1 aliphatic heterocycles. The molecule has 0 aromatic rings. The van der Waals surface area contributed by atoms with Gasteiger partial charge in [-0.2, -0.15) is 0 Å². The zero-order chi connectivity index (χ0) is 14.1. The van der Waals surface area contributed by atoms with E-state index in [0.717, 1.165) is 25.9 Å². The summed E-state index contributed by atoms with van der Waals surface area (Å²) in [5.74, 6) is 0.268. The molecule has 110 valence electrons. The molecule has 1 heterocycles. The minimum absolute atomic E-state index is 0.113.